The molecule has 0 atom stereocenters. The Balaban J connectivity index is 0.00000180. The van der Waals surface area contributed by atoms with Crippen LogP contribution in [0.2, 0.25) is 0 Å². The van der Waals surface area contributed by atoms with Gasteiger partial charge in [0.1, 0.15) is 0 Å². The summed E-state index contributed by atoms with van der Waals surface area (Å²) in [6.07, 6.45) is 5.42. The van der Waals surface area contributed by atoms with Crippen molar-refractivity contribution in [2.24, 2.45) is 4.99 Å². The summed E-state index contributed by atoms with van der Waals surface area (Å²) in [6.45, 7) is 5.80. The molecular weight excluding hydrogens is 351 g/mol. The third-order valence-corrected chi connectivity index (χ3v) is 2.91. The molecule has 0 amide bonds. The first-order chi connectivity index (χ1) is 8.78. The van der Waals surface area contributed by atoms with Crippen LogP contribution in [0.1, 0.15) is 31.0 Å². The fourth-order valence-electron chi connectivity index (χ4n) is 1.68. The Morgan fingerprint density at radius 2 is 2.21 bits per heavy atom. The summed E-state index contributed by atoms with van der Waals surface area (Å²) in [5.74, 6) is 0.945. The van der Waals surface area contributed by atoms with Crippen LogP contribution in [0, 0.1) is 6.92 Å². The molecule has 2 rings (SSSR count). The van der Waals surface area contributed by atoms with E-state index in [1.165, 1.54) is 18.4 Å². The van der Waals surface area contributed by atoms with Crippen LogP contribution < -0.4 is 10.6 Å². The quantitative estimate of drug-likeness (QED) is 0.472. The molecule has 1 saturated carbocycles. The molecule has 5 heteroatoms. The number of hydrogen-bond acceptors (Lipinski definition) is 2. The van der Waals surface area contributed by atoms with Gasteiger partial charge in [0.15, 0.2) is 5.96 Å². The van der Waals surface area contributed by atoms with Gasteiger partial charge in [0.2, 0.25) is 0 Å². The van der Waals surface area contributed by atoms with E-state index in [1.54, 1.807) is 0 Å². The van der Waals surface area contributed by atoms with Crippen molar-refractivity contribution in [2.75, 3.05) is 13.1 Å². The number of guanidine groups is 1. The van der Waals surface area contributed by atoms with Crippen LogP contribution in [-0.2, 0) is 6.42 Å². The number of halogens is 1. The summed E-state index contributed by atoms with van der Waals surface area (Å²) in [5.41, 5.74) is 2.30. The number of rotatable bonds is 5. The summed E-state index contributed by atoms with van der Waals surface area (Å²) in [6, 6.07) is 4.81. The Labute approximate surface area is 132 Å². The minimum atomic E-state index is 0. The highest BCUT2D eigenvalue weighted by Gasteiger charge is 2.21. The van der Waals surface area contributed by atoms with Crippen molar-refractivity contribution in [3.63, 3.8) is 0 Å². The number of nitrogens with one attached hydrogen (secondary N) is 2. The number of hydrogen-bond donors (Lipinski definition) is 2. The highest BCUT2D eigenvalue weighted by molar-refractivity contribution is 14.0. The van der Waals surface area contributed by atoms with Crippen LogP contribution in [0.5, 0.6) is 0 Å². The first-order valence-electron chi connectivity index (χ1n) is 6.74. The molecule has 1 aromatic rings. The van der Waals surface area contributed by atoms with Crippen molar-refractivity contribution in [2.45, 2.75) is 39.2 Å². The molecule has 19 heavy (non-hydrogen) atoms. The van der Waals surface area contributed by atoms with Crippen LogP contribution in [0.3, 0.4) is 0 Å². The molecule has 0 saturated heterocycles. The smallest absolute Gasteiger partial charge is 0.191 e. The van der Waals surface area contributed by atoms with Crippen molar-refractivity contribution in [1.82, 2.24) is 15.6 Å². The van der Waals surface area contributed by atoms with E-state index in [-0.39, 0.29) is 24.0 Å². The number of pyridine rings is 1. The molecule has 1 aromatic heterocycles. The van der Waals surface area contributed by atoms with Gasteiger partial charge in [-0.15, -0.1) is 24.0 Å². The monoisotopic (exact) mass is 374 g/mol. The lowest BCUT2D eigenvalue weighted by atomic mass is 10.2. The fourth-order valence-corrected chi connectivity index (χ4v) is 1.68. The van der Waals surface area contributed by atoms with Crippen LogP contribution in [0.25, 0.3) is 0 Å². The number of aromatic nitrogens is 1. The molecule has 0 radical (unpaired) electrons. The van der Waals surface area contributed by atoms with Gasteiger partial charge in [0, 0.05) is 31.0 Å². The van der Waals surface area contributed by atoms with Crippen LogP contribution in [0.4, 0.5) is 0 Å². The Kier molecular flexibility index (Phi) is 7.12. The Morgan fingerprint density at radius 1 is 1.42 bits per heavy atom. The number of nitrogens with zero attached hydrogens (tertiary/aromatic N) is 2. The van der Waals surface area contributed by atoms with E-state index in [1.807, 2.05) is 19.2 Å². The summed E-state index contributed by atoms with van der Waals surface area (Å²) < 4.78 is 0. The SMILES string of the molecule is CCNC(=NCCc1ccc(C)nc1)NC1CC1.I. The largest absolute Gasteiger partial charge is 0.357 e. The lowest BCUT2D eigenvalue weighted by molar-refractivity contribution is 0.807. The molecule has 0 spiro atoms. The van der Waals surface area contributed by atoms with Gasteiger partial charge in [-0.25, -0.2) is 0 Å². The normalized spacial score (nSPS) is 14.7. The van der Waals surface area contributed by atoms with Crippen LogP contribution in [-0.4, -0.2) is 30.1 Å². The summed E-state index contributed by atoms with van der Waals surface area (Å²) >= 11 is 0. The molecule has 106 valence electrons. The van der Waals surface area contributed by atoms with E-state index in [2.05, 4.69) is 33.6 Å². The molecule has 0 aliphatic heterocycles. The van der Waals surface area contributed by atoms with Crippen molar-refractivity contribution in [3.8, 4) is 0 Å². The van der Waals surface area contributed by atoms with E-state index < -0.39 is 0 Å². The van der Waals surface area contributed by atoms with Crippen LogP contribution >= 0.6 is 24.0 Å². The van der Waals surface area contributed by atoms with Crippen molar-refractivity contribution in [1.29, 1.82) is 0 Å². The van der Waals surface area contributed by atoms with Gasteiger partial charge in [-0.2, -0.15) is 0 Å². The average Bonchev–Trinajstić information content (AvgIpc) is 3.16. The molecular formula is C14H23IN4. The molecule has 1 fully saturated rings. The summed E-state index contributed by atoms with van der Waals surface area (Å²) in [7, 11) is 0. The van der Waals surface area contributed by atoms with E-state index in [0.717, 1.165) is 31.2 Å². The van der Waals surface area contributed by atoms with Gasteiger partial charge in [0.05, 0.1) is 0 Å². The summed E-state index contributed by atoms with van der Waals surface area (Å²) in [5, 5.41) is 6.68. The maximum Gasteiger partial charge on any atom is 0.191 e. The predicted octanol–water partition coefficient (Wildman–Crippen LogP) is 2.27. The van der Waals surface area contributed by atoms with E-state index >= 15 is 0 Å². The first-order valence-corrected chi connectivity index (χ1v) is 6.74. The van der Waals surface area contributed by atoms with Crippen LogP contribution in [0.15, 0.2) is 23.3 Å². The van der Waals surface area contributed by atoms with E-state index in [9.17, 15) is 0 Å². The van der Waals surface area contributed by atoms with Gasteiger partial charge >= 0.3 is 0 Å². The van der Waals surface area contributed by atoms with Gasteiger partial charge in [-0.05, 0) is 44.7 Å². The van der Waals surface area contributed by atoms with Gasteiger partial charge in [-0.3, -0.25) is 9.98 Å². The average molecular weight is 374 g/mol. The lowest BCUT2D eigenvalue weighted by Crippen LogP contribution is -2.38. The minimum absolute atomic E-state index is 0. The zero-order valence-corrected chi connectivity index (χ0v) is 14.0. The zero-order chi connectivity index (χ0) is 12.8. The maximum atomic E-state index is 4.58. The molecule has 2 N–H and O–H groups in total. The first kappa shape index (κ1) is 16.2. The number of aryl methyl sites for hydroxylation is 1. The third kappa shape index (κ3) is 6.22. The second kappa shape index (κ2) is 8.35. The second-order valence-corrected chi connectivity index (χ2v) is 4.74. The number of aliphatic imine (C=N–C) groups is 1. The lowest BCUT2D eigenvalue weighted by Gasteiger charge is -2.10. The summed E-state index contributed by atoms with van der Waals surface area (Å²) in [4.78, 5) is 8.87. The zero-order valence-electron chi connectivity index (χ0n) is 11.6. The van der Waals surface area contributed by atoms with Gasteiger partial charge < -0.3 is 10.6 Å². The molecule has 4 nitrogen and oxygen atoms in total. The molecule has 0 bridgehead atoms. The second-order valence-electron chi connectivity index (χ2n) is 4.74. The molecule has 0 aromatic carbocycles. The maximum absolute atomic E-state index is 4.58. The van der Waals surface area contributed by atoms with E-state index in [0.29, 0.717) is 6.04 Å². The topological polar surface area (TPSA) is 49.3 Å². The van der Waals surface area contributed by atoms with Crippen molar-refractivity contribution in [3.05, 3.63) is 29.6 Å². The Morgan fingerprint density at radius 3 is 2.79 bits per heavy atom. The Bertz CT molecular complexity index is 398. The van der Waals surface area contributed by atoms with Gasteiger partial charge in [-0.1, -0.05) is 6.07 Å². The van der Waals surface area contributed by atoms with Gasteiger partial charge in [0.25, 0.3) is 0 Å². The fraction of sp³-hybridized carbons (Fsp3) is 0.571. The molecule has 1 aliphatic rings. The van der Waals surface area contributed by atoms with E-state index in [4.69, 9.17) is 0 Å². The predicted molar refractivity (Wildman–Crippen MR) is 90.2 cm³/mol. The van der Waals surface area contributed by atoms with Crippen molar-refractivity contribution < 1.29 is 0 Å². The highest BCUT2D eigenvalue weighted by atomic mass is 127. The van der Waals surface area contributed by atoms with Crippen molar-refractivity contribution >= 4 is 29.9 Å². The Hall–Kier alpha value is -0.850. The molecule has 1 aliphatic carbocycles. The standard InChI is InChI=1S/C14H22N4.HI/c1-3-15-14(18-13-6-7-13)16-9-8-12-5-4-11(2)17-10-12;/h4-5,10,13H,3,6-9H2,1-2H3,(H2,15,16,18);1H. The third-order valence-electron chi connectivity index (χ3n) is 2.91. The minimum Gasteiger partial charge on any atom is -0.357 e. The molecule has 1 heterocycles. The highest BCUT2D eigenvalue weighted by Crippen LogP contribution is 2.18. The molecule has 0 unspecified atom stereocenters.